The van der Waals surface area contributed by atoms with Crippen LogP contribution in [-0.4, -0.2) is 60.3 Å². The number of benzene rings is 2. The van der Waals surface area contributed by atoms with Crippen molar-refractivity contribution >= 4 is 29.3 Å². The van der Waals surface area contributed by atoms with Gasteiger partial charge in [0.1, 0.15) is 5.75 Å². The standard InChI is InChI=1S/C32H38N2O6/c1-39-27-18-14-22(15-19-27)29(35)21-40-32(38)23-12-16-26(17-13-23)34-30(36)20-28(31(34)37)33(24-8-4-2-5-9-24)25-10-6-3-7-11-25/h12-19,24-25,28H,2-11,20-21H2,1H3. The molecule has 1 saturated heterocycles. The maximum absolute atomic E-state index is 13.7. The molecule has 1 unspecified atom stereocenters. The van der Waals surface area contributed by atoms with Gasteiger partial charge in [-0.3, -0.25) is 19.3 Å². The number of carbonyl (C=O) groups excluding carboxylic acids is 4. The first kappa shape index (κ1) is 28.0. The summed E-state index contributed by atoms with van der Waals surface area (Å²) in [5.41, 5.74) is 1.11. The Morgan fingerprint density at radius 2 is 1.35 bits per heavy atom. The smallest absolute Gasteiger partial charge is 0.338 e. The van der Waals surface area contributed by atoms with E-state index in [-0.39, 0.29) is 29.6 Å². The molecule has 2 saturated carbocycles. The molecule has 2 aliphatic carbocycles. The summed E-state index contributed by atoms with van der Waals surface area (Å²) in [6.45, 7) is -0.393. The van der Waals surface area contributed by atoms with Gasteiger partial charge in [0.2, 0.25) is 5.91 Å². The Hall–Kier alpha value is -3.52. The van der Waals surface area contributed by atoms with Crippen molar-refractivity contribution in [3.63, 3.8) is 0 Å². The normalized spacial score (nSPS) is 20.6. The molecule has 0 bridgehead atoms. The molecule has 212 valence electrons. The highest BCUT2D eigenvalue weighted by Crippen LogP contribution is 2.36. The molecular formula is C32H38N2O6. The molecule has 1 heterocycles. The zero-order valence-electron chi connectivity index (χ0n) is 23.2. The summed E-state index contributed by atoms with van der Waals surface area (Å²) in [7, 11) is 1.54. The predicted octanol–water partition coefficient (Wildman–Crippen LogP) is 5.33. The van der Waals surface area contributed by atoms with Crippen LogP contribution in [0.2, 0.25) is 0 Å². The zero-order chi connectivity index (χ0) is 28.1. The van der Waals surface area contributed by atoms with E-state index in [2.05, 4.69) is 4.90 Å². The number of anilines is 1. The Balaban J connectivity index is 1.24. The Kier molecular flexibility index (Phi) is 8.94. The highest BCUT2D eigenvalue weighted by atomic mass is 16.5. The van der Waals surface area contributed by atoms with E-state index in [9.17, 15) is 19.2 Å². The Morgan fingerprint density at radius 1 is 0.800 bits per heavy atom. The van der Waals surface area contributed by atoms with E-state index in [4.69, 9.17) is 9.47 Å². The number of Topliss-reactive ketones (excluding diaryl/α,β-unsaturated/α-hetero) is 1. The summed E-state index contributed by atoms with van der Waals surface area (Å²) < 4.78 is 10.3. The van der Waals surface area contributed by atoms with Crippen LogP contribution in [0.4, 0.5) is 5.69 Å². The minimum absolute atomic E-state index is 0.165. The van der Waals surface area contributed by atoms with Gasteiger partial charge in [0, 0.05) is 17.6 Å². The number of methoxy groups -OCH3 is 1. The SMILES string of the molecule is COc1ccc(C(=O)COC(=O)c2ccc(N3C(=O)CC(N(C4CCCCC4)C4CCCCC4)C3=O)cc2)cc1. The largest absolute Gasteiger partial charge is 0.497 e. The lowest BCUT2D eigenvalue weighted by Gasteiger charge is -2.44. The minimum atomic E-state index is -0.647. The maximum atomic E-state index is 13.7. The van der Waals surface area contributed by atoms with Gasteiger partial charge in [0.25, 0.3) is 5.91 Å². The fourth-order valence-electron chi connectivity index (χ4n) is 6.51. The average molecular weight is 547 g/mol. The van der Waals surface area contributed by atoms with Gasteiger partial charge in [-0.2, -0.15) is 0 Å². The molecule has 2 aromatic rings. The van der Waals surface area contributed by atoms with Gasteiger partial charge in [-0.05, 0) is 74.2 Å². The Morgan fingerprint density at radius 3 is 1.90 bits per heavy atom. The quantitative estimate of drug-likeness (QED) is 0.238. The van der Waals surface area contributed by atoms with E-state index in [0.29, 0.717) is 29.1 Å². The van der Waals surface area contributed by atoms with Crippen LogP contribution in [0.15, 0.2) is 48.5 Å². The molecule has 3 aliphatic rings. The third-order valence-corrected chi connectivity index (χ3v) is 8.58. The van der Waals surface area contributed by atoms with E-state index in [1.165, 1.54) is 55.6 Å². The fraction of sp³-hybridized carbons (Fsp3) is 0.500. The summed E-state index contributed by atoms with van der Waals surface area (Å²) in [6.07, 6.45) is 11.7. The van der Waals surface area contributed by atoms with Crippen LogP contribution in [0.5, 0.6) is 5.75 Å². The van der Waals surface area contributed by atoms with Crippen molar-refractivity contribution in [2.75, 3.05) is 18.6 Å². The van der Waals surface area contributed by atoms with Crippen molar-refractivity contribution in [2.45, 2.75) is 88.8 Å². The summed E-state index contributed by atoms with van der Waals surface area (Å²) in [5, 5.41) is 0. The van der Waals surface area contributed by atoms with E-state index in [1.807, 2.05) is 0 Å². The summed E-state index contributed by atoms with van der Waals surface area (Å²) in [6, 6.07) is 13.1. The minimum Gasteiger partial charge on any atom is -0.497 e. The summed E-state index contributed by atoms with van der Waals surface area (Å²) >= 11 is 0. The fourth-order valence-corrected chi connectivity index (χ4v) is 6.51. The number of imide groups is 1. The van der Waals surface area contributed by atoms with E-state index in [1.54, 1.807) is 43.5 Å². The average Bonchev–Trinajstić information content (AvgIpc) is 3.29. The van der Waals surface area contributed by atoms with Gasteiger partial charge in [0.05, 0.1) is 30.8 Å². The van der Waals surface area contributed by atoms with Gasteiger partial charge in [0.15, 0.2) is 12.4 Å². The molecule has 1 aliphatic heterocycles. The van der Waals surface area contributed by atoms with Crippen LogP contribution in [0.3, 0.4) is 0 Å². The topological polar surface area (TPSA) is 93.2 Å². The van der Waals surface area contributed by atoms with Gasteiger partial charge in [-0.25, -0.2) is 9.69 Å². The number of carbonyl (C=O) groups is 4. The first-order chi connectivity index (χ1) is 19.5. The molecule has 8 heteroatoms. The second-order valence-electron chi connectivity index (χ2n) is 11.1. The Bertz CT molecular complexity index is 1190. The maximum Gasteiger partial charge on any atom is 0.338 e. The second kappa shape index (κ2) is 12.8. The van der Waals surface area contributed by atoms with Gasteiger partial charge in [-0.1, -0.05) is 38.5 Å². The lowest BCUT2D eigenvalue weighted by atomic mass is 9.87. The van der Waals surface area contributed by atoms with Gasteiger partial charge >= 0.3 is 5.97 Å². The van der Waals surface area contributed by atoms with Crippen molar-refractivity contribution < 1.29 is 28.7 Å². The first-order valence-corrected chi connectivity index (χ1v) is 14.5. The number of hydrogen-bond donors (Lipinski definition) is 0. The van der Waals surface area contributed by atoms with E-state index < -0.39 is 18.6 Å². The summed E-state index contributed by atoms with van der Waals surface area (Å²) in [4.78, 5) is 55.6. The third-order valence-electron chi connectivity index (χ3n) is 8.58. The molecule has 5 rings (SSSR count). The molecule has 1 atom stereocenters. The van der Waals surface area contributed by atoms with Crippen LogP contribution < -0.4 is 9.64 Å². The number of amides is 2. The number of rotatable bonds is 9. The van der Waals surface area contributed by atoms with E-state index in [0.717, 1.165) is 25.7 Å². The molecule has 0 N–H and O–H groups in total. The number of ether oxygens (including phenoxy) is 2. The third kappa shape index (κ3) is 6.12. The molecule has 3 fully saturated rings. The first-order valence-electron chi connectivity index (χ1n) is 14.5. The second-order valence-corrected chi connectivity index (χ2v) is 11.1. The van der Waals surface area contributed by atoms with Crippen molar-refractivity contribution in [3.05, 3.63) is 59.7 Å². The molecule has 8 nitrogen and oxygen atoms in total. The van der Waals surface area contributed by atoms with Crippen LogP contribution >= 0.6 is 0 Å². The molecular weight excluding hydrogens is 508 g/mol. The monoisotopic (exact) mass is 546 g/mol. The molecule has 0 aromatic heterocycles. The lowest BCUT2D eigenvalue weighted by molar-refractivity contribution is -0.124. The highest BCUT2D eigenvalue weighted by molar-refractivity contribution is 6.22. The number of nitrogens with zero attached hydrogens (tertiary/aromatic N) is 2. The van der Waals surface area contributed by atoms with Crippen molar-refractivity contribution in [3.8, 4) is 5.75 Å². The zero-order valence-corrected chi connectivity index (χ0v) is 23.2. The van der Waals surface area contributed by atoms with Gasteiger partial charge in [-0.15, -0.1) is 0 Å². The van der Waals surface area contributed by atoms with Crippen LogP contribution in [0.25, 0.3) is 0 Å². The van der Waals surface area contributed by atoms with Crippen molar-refractivity contribution in [1.29, 1.82) is 0 Å². The van der Waals surface area contributed by atoms with Crippen LogP contribution in [0.1, 0.15) is 91.3 Å². The van der Waals surface area contributed by atoms with Crippen molar-refractivity contribution in [1.82, 2.24) is 4.90 Å². The number of esters is 1. The van der Waals surface area contributed by atoms with Crippen LogP contribution in [-0.2, 0) is 14.3 Å². The van der Waals surface area contributed by atoms with E-state index >= 15 is 0 Å². The van der Waals surface area contributed by atoms with Crippen molar-refractivity contribution in [2.24, 2.45) is 0 Å². The molecule has 0 spiro atoms. The number of ketones is 1. The van der Waals surface area contributed by atoms with Crippen LogP contribution in [0, 0.1) is 0 Å². The lowest BCUT2D eigenvalue weighted by Crippen LogP contribution is -2.53. The highest BCUT2D eigenvalue weighted by Gasteiger charge is 2.47. The molecule has 2 aromatic carbocycles. The Labute approximate surface area is 235 Å². The predicted molar refractivity (Wildman–Crippen MR) is 151 cm³/mol. The molecule has 40 heavy (non-hydrogen) atoms. The number of hydrogen-bond acceptors (Lipinski definition) is 7. The molecule has 2 amide bonds. The summed E-state index contributed by atoms with van der Waals surface area (Å²) in [5.74, 6) is -0.710. The van der Waals surface area contributed by atoms with Gasteiger partial charge < -0.3 is 9.47 Å². The molecule has 0 radical (unpaired) electrons.